The molecule has 0 heterocycles. The van der Waals surface area contributed by atoms with Crippen LogP contribution in [0.4, 0.5) is 0 Å². The number of carbonyl (C=O) groups excluding carboxylic acids is 1. The van der Waals surface area contributed by atoms with Crippen LogP contribution in [-0.2, 0) is 4.79 Å². The quantitative estimate of drug-likeness (QED) is 0.583. The zero-order chi connectivity index (χ0) is 17.5. The predicted molar refractivity (Wildman–Crippen MR) is 97.6 cm³/mol. The monoisotopic (exact) mass is 324 g/mol. The Morgan fingerprint density at radius 3 is 2.39 bits per heavy atom. The SMILES string of the molecule is CCNC(=NCC(C)(C)C(=O)NC)N(C)CC1CCC(C)CC1. The largest absolute Gasteiger partial charge is 0.359 e. The van der Waals surface area contributed by atoms with Crippen LogP contribution in [0.5, 0.6) is 0 Å². The van der Waals surface area contributed by atoms with Gasteiger partial charge in [-0.15, -0.1) is 0 Å². The Morgan fingerprint density at radius 1 is 1.26 bits per heavy atom. The van der Waals surface area contributed by atoms with Crippen LogP contribution in [0, 0.1) is 17.3 Å². The number of nitrogens with zero attached hydrogens (tertiary/aromatic N) is 2. The van der Waals surface area contributed by atoms with E-state index in [0.29, 0.717) is 6.54 Å². The number of guanidine groups is 1. The Hall–Kier alpha value is -1.26. The first kappa shape index (κ1) is 19.8. The van der Waals surface area contributed by atoms with Crippen molar-refractivity contribution in [3.05, 3.63) is 0 Å². The summed E-state index contributed by atoms with van der Waals surface area (Å²) in [7, 11) is 3.78. The molecule has 1 fully saturated rings. The van der Waals surface area contributed by atoms with E-state index in [2.05, 4.69) is 36.4 Å². The molecule has 2 N–H and O–H groups in total. The second-order valence-electron chi connectivity index (χ2n) is 7.64. The molecule has 0 aliphatic heterocycles. The summed E-state index contributed by atoms with van der Waals surface area (Å²) in [4.78, 5) is 18.8. The van der Waals surface area contributed by atoms with E-state index >= 15 is 0 Å². The summed E-state index contributed by atoms with van der Waals surface area (Å²) in [6, 6.07) is 0. The standard InChI is InChI=1S/C18H36N4O/c1-7-20-17(21-13-18(3,4)16(23)19-5)22(6)12-15-10-8-14(2)9-11-15/h14-15H,7-13H2,1-6H3,(H,19,23)(H,20,21). The van der Waals surface area contributed by atoms with Gasteiger partial charge in [0.2, 0.25) is 5.91 Å². The van der Waals surface area contributed by atoms with Crippen molar-refractivity contribution in [1.29, 1.82) is 0 Å². The van der Waals surface area contributed by atoms with Gasteiger partial charge in [0.1, 0.15) is 0 Å². The number of aliphatic imine (C=N–C) groups is 1. The molecule has 0 bridgehead atoms. The third kappa shape index (κ3) is 6.40. The van der Waals surface area contributed by atoms with Crippen molar-refractivity contribution in [3.8, 4) is 0 Å². The van der Waals surface area contributed by atoms with Gasteiger partial charge in [0.15, 0.2) is 5.96 Å². The maximum absolute atomic E-state index is 11.9. The first-order chi connectivity index (χ1) is 10.8. The summed E-state index contributed by atoms with van der Waals surface area (Å²) in [6.07, 6.45) is 5.31. The van der Waals surface area contributed by atoms with Crippen LogP contribution >= 0.6 is 0 Å². The van der Waals surface area contributed by atoms with E-state index in [-0.39, 0.29) is 5.91 Å². The highest BCUT2D eigenvalue weighted by atomic mass is 16.2. The molecule has 0 aromatic rings. The summed E-state index contributed by atoms with van der Waals surface area (Å²) in [5, 5.41) is 6.07. The normalized spacial score (nSPS) is 22.6. The summed E-state index contributed by atoms with van der Waals surface area (Å²) >= 11 is 0. The van der Waals surface area contributed by atoms with Gasteiger partial charge in [-0.1, -0.05) is 19.8 Å². The molecule has 0 radical (unpaired) electrons. The molecule has 0 atom stereocenters. The lowest BCUT2D eigenvalue weighted by Crippen LogP contribution is -2.43. The van der Waals surface area contributed by atoms with E-state index in [1.165, 1.54) is 25.7 Å². The minimum absolute atomic E-state index is 0.0287. The molecule has 0 unspecified atom stereocenters. The van der Waals surface area contributed by atoms with Gasteiger partial charge in [-0.2, -0.15) is 0 Å². The molecule has 5 nitrogen and oxygen atoms in total. The highest BCUT2D eigenvalue weighted by Gasteiger charge is 2.27. The van der Waals surface area contributed by atoms with Crippen molar-refractivity contribution < 1.29 is 4.79 Å². The molecular formula is C18H36N4O. The second-order valence-corrected chi connectivity index (χ2v) is 7.64. The lowest BCUT2D eigenvalue weighted by molar-refractivity contribution is -0.128. The average molecular weight is 325 g/mol. The van der Waals surface area contributed by atoms with Crippen LogP contribution < -0.4 is 10.6 Å². The summed E-state index contributed by atoms with van der Waals surface area (Å²) in [6.45, 7) is 10.7. The molecule has 1 rings (SSSR count). The molecule has 1 aliphatic rings. The fraction of sp³-hybridized carbons (Fsp3) is 0.889. The lowest BCUT2D eigenvalue weighted by atomic mass is 9.83. The Bertz CT molecular complexity index is 398. The number of hydrogen-bond donors (Lipinski definition) is 2. The van der Waals surface area contributed by atoms with Gasteiger partial charge < -0.3 is 15.5 Å². The second kappa shape index (κ2) is 9.14. The molecule has 0 spiro atoms. The summed E-state index contributed by atoms with van der Waals surface area (Å²) < 4.78 is 0. The van der Waals surface area contributed by atoms with E-state index in [9.17, 15) is 4.79 Å². The van der Waals surface area contributed by atoms with Crippen LogP contribution in [0.1, 0.15) is 53.4 Å². The minimum Gasteiger partial charge on any atom is -0.359 e. The molecule has 23 heavy (non-hydrogen) atoms. The third-order valence-corrected chi connectivity index (χ3v) is 4.83. The Labute approximate surface area is 142 Å². The molecule has 0 saturated heterocycles. The van der Waals surface area contributed by atoms with Crippen LogP contribution in [0.2, 0.25) is 0 Å². The molecule has 0 aromatic heterocycles. The molecule has 1 amide bonds. The molecule has 1 saturated carbocycles. The van der Waals surface area contributed by atoms with Gasteiger partial charge in [0, 0.05) is 27.2 Å². The van der Waals surface area contributed by atoms with E-state index in [0.717, 1.165) is 30.9 Å². The first-order valence-electron chi connectivity index (χ1n) is 9.01. The first-order valence-corrected chi connectivity index (χ1v) is 9.01. The molecule has 0 aromatic carbocycles. The van der Waals surface area contributed by atoms with Crippen molar-refractivity contribution in [1.82, 2.24) is 15.5 Å². The van der Waals surface area contributed by atoms with E-state index in [4.69, 9.17) is 4.99 Å². The minimum atomic E-state index is -0.490. The summed E-state index contributed by atoms with van der Waals surface area (Å²) in [5.74, 6) is 2.57. The van der Waals surface area contributed by atoms with Gasteiger partial charge in [-0.05, 0) is 45.4 Å². The maximum Gasteiger partial charge on any atom is 0.227 e. The highest BCUT2D eigenvalue weighted by Crippen LogP contribution is 2.28. The van der Waals surface area contributed by atoms with Gasteiger partial charge in [-0.25, -0.2) is 0 Å². The number of carbonyl (C=O) groups is 1. The van der Waals surface area contributed by atoms with Crippen LogP contribution in [-0.4, -0.2) is 50.5 Å². The smallest absolute Gasteiger partial charge is 0.227 e. The van der Waals surface area contributed by atoms with Crippen molar-refractivity contribution in [3.63, 3.8) is 0 Å². The summed E-state index contributed by atoms with van der Waals surface area (Å²) in [5.41, 5.74) is -0.490. The zero-order valence-electron chi connectivity index (χ0n) is 15.9. The maximum atomic E-state index is 11.9. The molecule has 134 valence electrons. The van der Waals surface area contributed by atoms with E-state index < -0.39 is 5.41 Å². The van der Waals surface area contributed by atoms with Crippen molar-refractivity contribution in [2.75, 3.05) is 33.7 Å². The van der Waals surface area contributed by atoms with Crippen LogP contribution in [0.25, 0.3) is 0 Å². The molecular weight excluding hydrogens is 288 g/mol. The number of rotatable bonds is 6. The Morgan fingerprint density at radius 2 is 1.87 bits per heavy atom. The molecule has 5 heteroatoms. The fourth-order valence-corrected chi connectivity index (χ4v) is 3.14. The average Bonchev–Trinajstić information content (AvgIpc) is 2.52. The number of hydrogen-bond acceptors (Lipinski definition) is 2. The Balaban J connectivity index is 2.64. The van der Waals surface area contributed by atoms with Crippen molar-refractivity contribution in [2.24, 2.45) is 22.2 Å². The van der Waals surface area contributed by atoms with E-state index in [1.807, 2.05) is 13.8 Å². The number of amides is 1. The predicted octanol–water partition coefficient (Wildman–Crippen LogP) is 2.48. The molecule has 1 aliphatic carbocycles. The van der Waals surface area contributed by atoms with Crippen molar-refractivity contribution in [2.45, 2.75) is 53.4 Å². The highest BCUT2D eigenvalue weighted by molar-refractivity contribution is 5.83. The van der Waals surface area contributed by atoms with Crippen LogP contribution in [0.15, 0.2) is 4.99 Å². The fourth-order valence-electron chi connectivity index (χ4n) is 3.14. The van der Waals surface area contributed by atoms with Gasteiger partial charge in [0.25, 0.3) is 0 Å². The zero-order valence-corrected chi connectivity index (χ0v) is 15.9. The van der Waals surface area contributed by atoms with Crippen molar-refractivity contribution >= 4 is 11.9 Å². The number of nitrogens with one attached hydrogen (secondary N) is 2. The van der Waals surface area contributed by atoms with Gasteiger partial charge >= 0.3 is 0 Å². The van der Waals surface area contributed by atoms with Crippen LogP contribution in [0.3, 0.4) is 0 Å². The van der Waals surface area contributed by atoms with E-state index in [1.54, 1.807) is 7.05 Å². The van der Waals surface area contributed by atoms with Gasteiger partial charge in [-0.3, -0.25) is 9.79 Å². The topological polar surface area (TPSA) is 56.7 Å². The Kier molecular flexibility index (Phi) is 7.86. The lowest BCUT2D eigenvalue weighted by Gasteiger charge is -2.31. The van der Waals surface area contributed by atoms with Gasteiger partial charge in [0.05, 0.1) is 12.0 Å². The third-order valence-electron chi connectivity index (χ3n) is 4.83.